The van der Waals surface area contributed by atoms with Crippen LogP contribution in [0.25, 0.3) is 0 Å². The highest BCUT2D eigenvalue weighted by molar-refractivity contribution is 5.85. The largest absolute Gasteiger partial charge is 0.493 e. The van der Waals surface area contributed by atoms with Crippen molar-refractivity contribution in [1.82, 2.24) is 5.32 Å². The number of rotatable bonds is 3. The van der Waals surface area contributed by atoms with E-state index < -0.39 is 0 Å². The van der Waals surface area contributed by atoms with Crippen molar-refractivity contribution in [2.45, 2.75) is 27.2 Å². The van der Waals surface area contributed by atoms with E-state index in [2.05, 4.69) is 38.2 Å². The average molecular weight is 256 g/mol. The van der Waals surface area contributed by atoms with Crippen molar-refractivity contribution < 1.29 is 4.74 Å². The Bertz CT molecular complexity index is 373. The van der Waals surface area contributed by atoms with Gasteiger partial charge >= 0.3 is 0 Å². The molecular weight excluding hydrogens is 234 g/mol. The lowest BCUT2D eigenvalue weighted by molar-refractivity contribution is 0.258. The average Bonchev–Trinajstić information content (AvgIpc) is 2.74. The fraction of sp³-hybridized carbons (Fsp3) is 0.571. The molecule has 1 aliphatic heterocycles. The Morgan fingerprint density at radius 1 is 1.29 bits per heavy atom. The number of hydrogen-bond acceptors (Lipinski definition) is 2. The first kappa shape index (κ1) is 14.3. The molecule has 0 aliphatic carbocycles. The number of benzene rings is 1. The second-order valence-electron chi connectivity index (χ2n) is 4.87. The van der Waals surface area contributed by atoms with Crippen molar-refractivity contribution in [3.63, 3.8) is 0 Å². The summed E-state index contributed by atoms with van der Waals surface area (Å²) in [6.07, 6.45) is 1.24. The van der Waals surface area contributed by atoms with Gasteiger partial charge in [-0.25, -0.2) is 0 Å². The molecule has 1 aliphatic rings. The van der Waals surface area contributed by atoms with Crippen LogP contribution in [0.2, 0.25) is 0 Å². The zero-order chi connectivity index (χ0) is 11.5. The topological polar surface area (TPSA) is 21.3 Å². The maximum atomic E-state index is 5.94. The quantitative estimate of drug-likeness (QED) is 0.897. The van der Waals surface area contributed by atoms with Gasteiger partial charge in [0.25, 0.3) is 0 Å². The Hall–Kier alpha value is -0.730. The highest BCUT2D eigenvalue weighted by Crippen LogP contribution is 2.24. The van der Waals surface area contributed by atoms with Crippen LogP contribution in [-0.2, 0) is 0 Å². The van der Waals surface area contributed by atoms with Gasteiger partial charge in [0.1, 0.15) is 5.75 Å². The summed E-state index contributed by atoms with van der Waals surface area (Å²) < 4.78 is 5.94. The lowest BCUT2D eigenvalue weighted by Crippen LogP contribution is -2.16. The number of ether oxygens (including phenoxy) is 1. The molecule has 0 bridgehead atoms. The lowest BCUT2D eigenvalue weighted by Gasteiger charge is -2.15. The second-order valence-corrected chi connectivity index (χ2v) is 4.87. The molecule has 0 saturated carbocycles. The number of halogens is 1. The van der Waals surface area contributed by atoms with E-state index in [1.54, 1.807) is 0 Å². The van der Waals surface area contributed by atoms with E-state index >= 15 is 0 Å². The molecule has 1 N–H and O–H groups in total. The SMILES string of the molecule is Cc1cc(C)c(C)c(OCC2CCNC2)c1.Cl. The van der Waals surface area contributed by atoms with Crippen LogP contribution in [0.4, 0.5) is 0 Å². The molecule has 2 nitrogen and oxygen atoms in total. The summed E-state index contributed by atoms with van der Waals surface area (Å²) in [5.41, 5.74) is 3.87. The van der Waals surface area contributed by atoms with Crippen LogP contribution >= 0.6 is 12.4 Å². The fourth-order valence-electron chi connectivity index (χ4n) is 2.22. The maximum absolute atomic E-state index is 5.94. The van der Waals surface area contributed by atoms with Crippen molar-refractivity contribution >= 4 is 12.4 Å². The first-order valence-corrected chi connectivity index (χ1v) is 6.08. The van der Waals surface area contributed by atoms with E-state index in [0.717, 1.165) is 25.4 Å². The third kappa shape index (κ3) is 3.62. The van der Waals surface area contributed by atoms with E-state index in [1.807, 2.05) is 0 Å². The molecule has 17 heavy (non-hydrogen) atoms. The predicted octanol–water partition coefficient (Wildman–Crippen LogP) is 3.02. The third-order valence-electron chi connectivity index (χ3n) is 3.40. The maximum Gasteiger partial charge on any atom is 0.122 e. The van der Waals surface area contributed by atoms with Gasteiger partial charge < -0.3 is 10.1 Å². The summed E-state index contributed by atoms with van der Waals surface area (Å²) in [6, 6.07) is 4.35. The van der Waals surface area contributed by atoms with E-state index in [0.29, 0.717) is 5.92 Å². The van der Waals surface area contributed by atoms with Gasteiger partial charge in [0.15, 0.2) is 0 Å². The van der Waals surface area contributed by atoms with Crippen molar-refractivity contribution in [2.75, 3.05) is 19.7 Å². The molecule has 0 aromatic heterocycles. The normalized spacial score (nSPS) is 18.9. The Morgan fingerprint density at radius 2 is 2.06 bits per heavy atom. The Balaban J connectivity index is 0.00000144. The predicted molar refractivity (Wildman–Crippen MR) is 74.4 cm³/mol. The third-order valence-corrected chi connectivity index (χ3v) is 3.40. The van der Waals surface area contributed by atoms with Crippen LogP contribution in [0.1, 0.15) is 23.1 Å². The van der Waals surface area contributed by atoms with E-state index in [4.69, 9.17) is 4.74 Å². The van der Waals surface area contributed by atoms with Gasteiger partial charge in [-0.1, -0.05) is 6.07 Å². The zero-order valence-electron chi connectivity index (χ0n) is 10.9. The standard InChI is InChI=1S/C14H21NO.ClH/c1-10-6-11(2)12(3)14(7-10)16-9-13-4-5-15-8-13;/h6-7,13,15H,4-5,8-9H2,1-3H3;1H. The van der Waals surface area contributed by atoms with Gasteiger partial charge in [0.2, 0.25) is 0 Å². The summed E-state index contributed by atoms with van der Waals surface area (Å²) >= 11 is 0. The molecule has 2 rings (SSSR count). The van der Waals surface area contributed by atoms with Gasteiger partial charge in [-0.3, -0.25) is 0 Å². The lowest BCUT2D eigenvalue weighted by atomic mass is 10.1. The summed E-state index contributed by atoms with van der Waals surface area (Å²) in [5, 5.41) is 3.37. The van der Waals surface area contributed by atoms with E-state index in [1.165, 1.54) is 23.1 Å². The van der Waals surface area contributed by atoms with Crippen LogP contribution in [-0.4, -0.2) is 19.7 Å². The molecule has 1 saturated heterocycles. The molecule has 1 aromatic carbocycles. The zero-order valence-corrected chi connectivity index (χ0v) is 11.7. The van der Waals surface area contributed by atoms with Gasteiger partial charge in [0.05, 0.1) is 6.61 Å². The molecule has 0 amide bonds. The minimum absolute atomic E-state index is 0. The first-order valence-electron chi connectivity index (χ1n) is 6.08. The number of hydrogen-bond donors (Lipinski definition) is 1. The summed E-state index contributed by atoms with van der Waals surface area (Å²) in [7, 11) is 0. The minimum atomic E-state index is 0. The Morgan fingerprint density at radius 3 is 2.71 bits per heavy atom. The summed E-state index contributed by atoms with van der Waals surface area (Å²) in [5.74, 6) is 1.74. The van der Waals surface area contributed by atoms with Crippen molar-refractivity contribution in [3.8, 4) is 5.75 Å². The Labute approximate surface area is 110 Å². The number of nitrogens with one attached hydrogen (secondary N) is 1. The highest BCUT2D eigenvalue weighted by Gasteiger charge is 2.15. The van der Waals surface area contributed by atoms with Crippen molar-refractivity contribution in [1.29, 1.82) is 0 Å². The molecule has 1 aromatic rings. The smallest absolute Gasteiger partial charge is 0.122 e. The molecule has 0 radical (unpaired) electrons. The molecule has 3 heteroatoms. The Kier molecular flexibility index (Phi) is 5.29. The molecule has 1 unspecified atom stereocenters. The van der Waals surface area contributed by atoms with Crippen LogP contribution in [0, 0.1) is 26.7 Å². The van der Waals surface area contributed by atoms with Crippen LogP contribution in [0.15, 0.2) is 12.1 Å². The molecular formula is C14H22ClNO. The molecule has 1 atom stereocenters. The first-order chi connectivity index (χ1) is 7.66. The van der Waals surface area contributed by atoms with Gasteiger partial charge in [-0.05, 0) is 56.5 Å². The second kappa shape index (κ2) is 6.27. The van der Waals surface area contributed by atoms with Gasteiger partial charge in [0, 0.05) is 12.5 Å². The molecule has 1 heterocycles. The molecule has 96 valence electrons. The summed E-state index contributed by atoms with van der Waals surface area (Å²) in [6.45, 7) is 9.49. The van der Waals surface area contributed by atoms with E-state index in [-0.39, 0.29) is 12.4 Å². The molecule has 0 spiro atoms. The summed E-state index contributed by atoms with van der Waals surface area (Å²) in [4.78, 5) is 0. The van der Waals surface area contributed by atoms with Crippen LogP contribution in [0.3, 0.4) is 0 Å². The van der Waals surface area contributed by atoms with E-state index in [9.17, 15) is 0 Å². The van der Waals surface area contributed by atoms with Gasteiger partial charge in [-0.2, -0.15) is 0 Å². The van der Waals surface area contributed by atoms with Crippen LogP contribution in [0.5, 0.6) is 5.75 Å². The van der Waals surface area contributed by atoms with Crippen LogP contribution < -0.4 is 10.1 Å². The minimum Gasteiger partial charge on any atom is -0.493 e. The van der Waals surface area contributed by atoms with Crippen molar-refractivity contribution in [2.24, 2.45) is 5.92 Å². The number of aryl methyl sites for hydroxylation is 2. The highest BCUT2D eigenvalue weighted by atomic mass is 35.5. The molecule has 1 fully saturated rings. The van der Waals surface area contributed by atoms with Crippen molar-refractivity contribution in [3.05, 3.63) is 28.8 Å². The van der Waals surface area contributed by atoms with Gasteiger partial charge in [-0.15, -0.1) is 12.4 Å². The monoisotopic (exact) mass is 255 g/mol. The fourth-order valence-corrected chi connectivity index (χ4v) is 2.22.